The van der Waals surface area contributed by atoms with Gasteiger partial charge < -0.3 is 10.1 Å². The highest BCUT2D eigenvalue weighted by molar-refractivity contribution is 5.27. The number of benzene rings is 1. The third-order valence-electron chi connectivity index (χ3n) is 4.19. The normalized spacial score (nSPS) is 21.7. The number of ether oxygens (including phenoxy) is 1. The van der Waals surface area contributed by atoms with Crippen LogP contribution in [0.2, 0.25) is 0 Å². The minimum absolute atomic E-state index is 0.719. The zero-order valence-electron chi connectivity index (χ0n) is 13.0. The summed E-state index contributed by atoms with van der Waals surface area (Å²) in [5, 5.41) is 3.64. The molecular formula is C18H29NO. The van der Waals surface area contributed by atoms with Gasteiger partial charge in [0, 0.05) is 19.3 Å². The van der Waals surface area contributed by atoms with Crippen LogP contribution in [0.5, 0.6) is 0 Å². The minimum atomic E-state index is 0.719. The van der Waals surface area contributed by atoms with Crippen molar-refractivity contribution in [1.29, 1.82) is 0 Å². The molecule has 0 aromatic heterocycles. The van der Waals surface area contributed by atoms with Crippen molar-refractivity contribution in [3.8, 4) is 0 Å². The van der Waals surface area contributed by atoms with E-state index in [1.807, 2.05) is 0 Å². The molecule has 0 aliphatic heterocycles. The Morgan fingerprint density at radius 1 is 1.20 bits per heavy atom. The SMILES string of the molecule is CCCCOCCCNC1CC(c2cccc(C)c2)C1. The highest BCUT2D eigenvalue weighted by Gasteiger charge is 2.29. The Bertz CT molecular complexity index is 385. The van der Waals surface area contributed by atoms with Crippen LogP contribution in [0.4, 0.5) is 0 Å². The zero-order chi connectivity index (χ0) is 14.2. The zero-order valence-corrected chi connectivity index (χ0v) is 13.0. The fraction of sp³-hybridized carbons (Fsp3) is 0.667. The maximum atomic E-state index is 5.57. The van der Waals surface area contributed by atoms with Gasteiger partial charge in [-0.2, -0.15) is 0 Å². The number of rotatable bonds is 9. The van der Waals surface area contributed by atoms with Crippen LogP contribution in [-0.4, -0.2) is 25.8 Å². The lowest BCUT2D eigenvalue weighted by Gasteiger charge is -2.36. The van der Waals surface area contributed by atoms with Crippen LogP contribution in [0, 0.1) is 6.92 Å². The average molecular weight is 275 g/mol. The standard InChI is InChI=1S/C18H29NO/c1-3-4-10-20-11-6-9-19-18-13-17(14-18)16-8-5-7-15(2)12-16/h5,7-8,12,17-19H,3-4,6,9-11,13-14H2,1-2H3. The number of hydrogen-bond donors (Lipinski definition) is 1. The second-order valence-electron chi connectivity index (χ2n) is 6.05. The summed E-state index contributed by atoms with van der Waals surface area (Å²) >= 11 is 0. The first kappa shape index (κ1) is 15.5. The predicted molar refractivity (Wildman–Crippen MR) is 85.3 cm³/mol. The molecule has 0 atom stereocenters. The molecular weight excluding hydrogens is 246 g/mol. The van der Waals surface area contributed by atoms with Gasteiger partial charge in [-0.25, -0.2) is 0 Å². The van der Waals surface area contributed by atoms with Gasteiger partial charge in [0.05, 0.1) is 0 Å². The molecule has 1 fully saturated rings. The summed E-state index contributed by atoms with van der Waals surface area (Å²) < 4.78 is 5.57. The molecule has 0 bridgehead atoms. The largest absolute Gasteiger partial charge is 0.381 e. The van der Waals surface area contributed by atoms with Crippen molar-refractivity contribution in [3.63, 3.8) is 0 Å². The third-order valence-corrected chi connectivity index (χ3v) is 4.19. The molecule has 2 rings (SSSR count). The maximum Gasteiger partial charge on any atom is 0.0478 e. The molecule has 1 aromatic carbocycles. The molecule has 1 N–H and O–H groups in total. The number of unbranched alkanes of at least 4 members (excludes halogenated alkanes) is 1. The molecule has 2 nitrogen and oxygen atoms in total. The molecule has 112 valence electrons. The molecule has 1 saturated carbocycles. The lowest BCUT2D eigenvalue weighted by molar-refractivity contribution is 0.127. The summed E-state index contributed by atoms with van der Waals surface area (Å²) in [7, 11) is 0. The Balaban J connectivity index is 1.52. The van der Waals surface area contributed by atoms with Crippen LogP contribution in [0.3, 0.4) is 0 Å². The first-order valence-corrected chi connectivity index (χ1v) is 8.17. The number of hydrogen-bond acceptors (Lipinski definition) is 2. The topological polar surface area (TPSA) is 21.3 Å². The average Bonchev–Trinajstić information content (AvgIpc) is 2.39. The Morgan fingerprint density at radius 3 is 2.75 bits per heavy atom. The second-order valence-corrected chi connectivity index (χ2v) is 6.05. The van der Waals surface area contributed by atoms with E-state index in [-0.39, 0.29) is 0 Å². The van der Waals surface area contributed by atoms with Gasteiger partial charge in [0.25, 0.3) is 0 Å². The Labute approximate surface area is 123 Å². The summed E-state index contributed by atoms with van der Waals surface area (Å²) in [5.41, 5.74) is 2.90. The molecule has 0 saturated heterocycles. The van der Waals surface area contributed by atoms with Gasteiger partial charge in [-0.3, -0.25) is 0 Å². The van der Waals surface area contributed by atoms with Crippen LogP contribution < -0.4 is 5.32 Å². The van der Waals surface area contributed by atoms with E-state index in [2.05, 4.69) is 43.4 Å². The molecule has 0 unspecified atom stereocenters. The predicted octanol–water partition coefficient (Wildman–Crippen LogP) is 4.04. The van der Waals surface area contributed by atoms with E-state index in [9.17, 15) is 0 Å². The van der Waals surface area contributed by atoms with Crippen molar-refractivity contribution < 1.29 is 4.74 Å². The molecule has 1 aliphatic rings. The van der Waals surface area contributed by atoms with Gasteiger partial charge in [-0.1, -0.05) is 43.2 Å². The van der Waals surface area contributed by atoms with E-state index >= 15 is 0 Å². The fourth-order valence-corrected chi connectivity index (χ4v) is 2.81. The quantitative estimate of drug-likeness (QED) is 0.687. The van der Waals surface area contributed by atoms with Crippen molar-refractivity contribution in [2.45, 2.75) is 57.9 Å². The lowest BCUT2D eigenvalue weighted by Crippen LogP contribution is -2.40. The van der Waals surface area contributed by atoms with Crippen molar-refractivity contribution in [2.75, 3.05) is 19.8 Å². The van der Waals surface area contributed by atoms with Gasteiger partial charge in [-0.05, 0) is 50.6 Å². The lowest BCUT2D eigenvalue weighted by atomic mass is 9.75. The van der Waals surface area contributed by atoms with Gasteiger partial charge in [0.2, 0.25) is 0 Å². The summed E-state index contributed by atoms with van der Waals surface area (Å²) in [4.78, 5) is 0. The summed E-state index contributed by atoms with van der Waals surface area (Å²) in [5.74, 6) is 0.771. The Kier molecular flexibility index (Phi) is 6.55. The van der Waals surface area contributed by atoms with Crippen LogP contribution in [0.1, 0.15) is 56.1 Å². The van der Waals surface area contributed by atoms with Crippen molar-refractivity contribution >= 4 is 0 Å². The van der Waals surface area contributed by atoms with Gasteiger partial charge in [-0.15, -0.1) is 0 Å². The van der Waals surface area contributed by atoms with Crippen LogP contribution >= 0.6 is 0 Å². The molecule has 0 radical (unpaired) electrons. The van der Waals surface area contributed by atoms with Gasteiger partial charge in [0.1, 0.15) is 0 Å². The van der Waals surface area contributed by atoms with Crippen LogP contribution in [-0.2, 0) is 4.74 Å². The first-order chi connectivity index (χ1) is 9.79. The molecule has 1 aliphatic carbocycles. The van der Waals surface area contributed by atoms with Crippen LogP contribution in [0.25, 0.3) is 0 Å². The summed E-state index contributed by atoms with van der Waals surface area (Å²) in [6.07, 6.45) is 6.13. The highest BCUT2D eigenvalue weighted by Crippen LogP contribution is 2.36. The van der Waals surface area contributed by atoms with E-state index < -0.39 is 0 Å². The highest BCUT2D eigenvalue weighted by atomic mass is 16.5. The summed E-state index contributed by atoms with van der Waals surface area (Å²) in [6.45, 7) is 7.30. The fourth-order valence-electron chi connectivity index (χ4n) is 2.81. The molecule has 0 spiro atoms. The van der Waals surface area contributed by atoms with E-state index in [1.165, 1.54) is 36.8 Å². The van der Waals surface area contributed by atoms with Gasteiger partial charge in [0.15, 0.2) is 0 Å². The smallest absolute Gasteiger partial charge is 0.0478 e. The Hall–Kier alpha value is -0.860. The van der Waals surface area contributed by atoms with E-state index in [0.717, 1.165) is 38.1 Å². The number of aryl methyl sites for hydroxylation is 1. The molecule has 0 heterocycles. The monoisotopic (exact) mass is 275 g/mol. The van der Waals surface area contributed by atoms with Crippen molar-refractivity contribution in [2.24, 2.45) is 0 Å². The maximum absolute atomic E-state index is 5.57. The van der Waals surface area contributed by atoms with Crippen LogP contribution in [0.15, 0.2) is 24.3 Å². The molecule has 1 aromatic rings. The first-order valence-electron chi connectivity index (χ1n) is 8.17. The van der Waals surface area contributed by atoms with Crippen molar-refractivity contribution in [3.05, 3.63) is 35.4 Å². The van der Waals surface area contributed by atoms with E-state index in [1.54, 1.807) is 0 Å². The molecule has 20 heavy (non-hydrogen) atoms. The van der Waals surface area contributed by atoms with E-state index in [0.29, 0.717) is 0 Å². The third kappa shape index (κ3) is 4.92. The molecule has 0 amide bonds. The Morgan fingerprint density at radius 2 is 2.00 bits per heavy atom. The second kappa shape index (κ2) is 8.43. The minimum Gasteiger partial charge on any atom is -0.381 e. The van der Waals surface area contributed by atoms with Gasteiger partial charge >= 0.3 is 0 Å². The number of nitrogens with one attached hydrogen (secondary N) is 1. The summed E-state index contributed by atoms with van der Waals surface area (Å²) in [6, 6.07) is 9.68. The molecule has 2 heteroatoms. The van der Waals surface area contributed by atoms with Crippen molar-refractivity contribution in [1.82, 2.24) is 5.32 Å². The van der Waals surface area contributed by atoms with E-state index in [4.69, 9.17) is 4.74 Å².